The third-order valence-corrected chi connectivity index (χ3v) is 6.61. The van der Waals surface area contributed by atoms with Gasteiger partial charge < -0.3 is 18.8 Å². The summed E-state index contributed by atoms with van der Waals surface area (Å²) in [7, 11) is 2.93. The molecule has 0 aliphatic heterocycles. The molecule has 0 aromatic carbocycles. The van der Waals surface area contributed by atoms with Gasteiger partial charge in [-0.25, -0.2) is 29.3 Å². The fourth-order valence-electron chi connectivity index (χ4n) is 4.34. The molecule has 40 heavy (non-hydrogen) atoms. The molecule has 0 N–H and O–H groups in total. The van der Waals surface area contributed by atoms with Crippen LogP contribution >= 0.6 is 0 Å². The van der Waals surface area contributed by atoms with E-state index in [9.17, 15) is 13.2 Å². The van der Waals surface area contributed by atoms with Crippen LogP contribution in [0.3, 0.4) is 0 Å². The quantitative estimate of drug-likeness (QED) is 0.258. The number of hydrogen-bond acceptors (Lipinski definition) is 9. The normalized spacial score (nSPS) is 15.2. The molecule has 4 heterocycles. The Hall–Kier alpha value is -4.36. The third-order valence-electron chi connectivity index (χ3n) is 6.61. The van der Waals surface area contributed by atoms with Crippen molar-refractivity contribution in [2.45, 2.75) is 50.4 Å². The zero-order chi connectivity index (χ0) is 28.0. The van der Waals surface area contributed by atoms with Crippen LogP contribution < -0.4 is 14.2 Å². The van der Waals surface area contributed by atoms with Crippen molar-refractivity contribution < 1.29 is 31.8 Å². The predicted octanol–water partition coefficient (Wildman–Crippen LogP) is 5.16. The van der Waals surface area contributed by atoms with Crippen molar-refractivity contribution in [2.24, 2.45) is 0 Å². The van der Waals surface area contributed by atoms with Crippen LogP contribution in [0.25, 0.3) is 22.9 Å². The van der Waals surface area contributed by atoms with E-state index in [0.29, 0.717) is 29.8 Å². The van der Waals surface area contributed by atoms with Gasteiger partial charge in [0, 0.05) is 29.9 Å². The predicted molar refractivity (Wildman–Crippen MR) is 131 cm³/mol. The van der Waals surface area contributed by atoms with Gasteiger partial charge in [0.2, 0.25) is 5.88 Å². The smallest absolute Gasteiger partial charge is 0.434 e. The molecular weight excluding hydrogens is 534 g/mol. The molecular formula is C26H23F4N7O3. The monoisotopic (exact) mass is 557 g/mol. The molecule has 0 unspecified atom stereocenters. The molecule has 6 rings (SSSR count). The lowest BCUT2D eigenvalue weighted by Gasteiger charge is -2.14. The maximum Gasteiger partial charge on any atom is 0.434 e. The largest absolute Gasteiger partial charge is 0.490 e. The highest BCUT2D eigenvalue weighted by molar-refractivity contribution is 5.66. The number of imidazole rings is 1. The van der Waals surface area contributed by atoms with E-state index in [1.54, 1.807) is 0 Å². The molecule has 0 atom stereocenters. The first-order valence-electron chi connectivity index (χ1n) is 12.5. The van der Waals surface area contributed by atoms with E-state index in [-0.39, 0.29) is 47.5 Å². The summed E-state index contributed by atoms with van der Waals surface area (Å²) in [6.07, 6.45) is 3.82. The van der Waals surface area contributed by atoms with Crippen molar-refractivity contribution in [3.05, 3.63) is 53.8 Å². The van der Waals surface area contributed by atoms with Gasteiger partial charge in [-0.15, -0.1) is 0 Å². The van der Waals surface area contributed by atoms with Gasteiger partial charge >= 0.3 is 6.18 Å². The first-order chi connectivity index (χ1) is 19.3. The number of hydrogen-bond donors (Lipinski definition) is 0. The highest BCUT2D eigenvalue weighted by atomic mass is 19.4. The molecule has 0 bridgehead atoms. The van der Waals surface area contributed by atoms with Gasteiger partial charge in [-0.05, 0) is 31.7 Å². The summed E-state index contributed by atoms with van der Waals surface area (Å²) in [5.41, 5.74) is 0.310. The van der Waals surface area contributed by atoms with Crippen molar-refractivity contribution in [1.82, 2.24) is 34.5 Å². The zero-order valence-electron chi connectivity index (χ0n) is 21.4. The van der Waals surface area contributed by atoms with E-state index in [1.165, 1.54) is 37.5 Å². The maximum atomic E-state index is 15.1. The van der Waals surface area contributed by atoms with Crippen molar-refractivity contribution in [3.8, 4) is 40.4 Å². The van der Waals surface area contributed by atoms with Crippen LogP contribution in [-0.4, -0.2) is 48.7 Å². The molecule has 10 nitrogen and oxygen atoms in total. The number of rotatable bonds is 9. The molecule has 14 heteroatoms. The Kier molecular flexibility index (Phi) is 6.47. The Morgan fingerprint density at radius 3 is 2.40 bits per heavy atom. The Morgan fingerprint density at radius 2 is 1.75 bits per heavy atom. The van der Waals surface area contributed by atoms with Crippen molar-refractivity contribution >= 4 is 0 Å². The summed E-state index contributed by atoms with van der Waals surface area (Å²) in [5, 5.41) is 0. The van der Waals surface area contributed by atoms with E-state index in [0.717, 1.165) is 30.8 Å². The van der Waals surface area contributed by atoms with Crippen LogP contribution in [0, 0.1) is 5.82 Å². The molecule has 2 aliphatic rings. The Bertz CT molecular complexity index is 1570. The summed E-state index contributed by atoms with van der Waals surface area (Å²) in [5.74, 6) is 0.213. The molecule has 0 spiro atoms. The summed E-state index contributed by atoms with van der Waals surface area (Å²) >= 11 is 0. The second kappa shape index (κ2) is 9.99. The maximum absolute atomic E-state index is 15.1. The number of aromatic nitrogens is 7. The van der Waals surface area contributed by atoms with Crippen molar-refractivity contribution in [2.75, 3.05) is 14.2 Å². The molecule has 208 valence electrons. The minimum absolute atomic E-state index is 0.0868. The number of halogens is 4. The molecule has 0 radical (unpaired) electrons. The zero-order valence-corrected chi connectivity index (χ0v) is 21.4. The SMILES string of the molecule is COc1cnc(-c2c(OC)ncnc2C2CC2)nc1OCc1cnc(-c2nc(C(F)(F)F)cn2C2CC2)c(F)c1. The van der Waals surface area contributed by atoms with E-state index in [1.807, 2.05) is 0 Å². The summed E-state index contributed by atoms with van der Waals surface area (Å²) in [4.78, 5) is 25.2. The number of nitrogens with zero attached hydrogens (tertiary/aromatic N) is 7. The van der Waals surface area contributed by atoms with Gasteiger partial charge in [0.25, 0.3) is 5.88 Å². The molecule has 2 aliphatic carbocycles. The Morgan fingerprint density at radius 1 is 0.950 bits per heavy atom. The number of ether oxygens (including phenoxy) is 3. The average Bonchev–Trinajstić information content (AvgIpc) is 3.89. The lowest BCUT2D eigenvalue weighted by molar-refractivity contribution is -0.140. The molecule has 0 saturated heterocycles. The highest BCUT2D eigenvalue weighted by Crippen LogP contribution is 2.45. The minimum Gasteiger partial charge on any atom is -0.490 e. The van der Waals surface area contributed by atoms with Crippen LogP contribution in [0.4, 0.5) is 17.6 Å². The Balaban J connectivity index is 1.27. The molecule has 2 fully saturated rings. The van der Waals surface area contributed by atoms with E-state index in [2.05, 4.69) is 29.9 Å². The standard InChI is InChI=1S/C26H23F4N7O3/c1-38-17-9-32-22(19-20(14-3-4-14)33-12-34-25(19)39-2)36-24(17)40-11-13-7-16(27)21(31-8-13)23-35-18(26(28,29)30)10-37(23)15-5-6-15/h7-10,12,14-15H,3-6,11H2,1-2H3. The van der Waals surface area contributed by atoms with Crippen molar-refractivity contribution in [1.29, 1.82) is 0 Å². The van der Waals surface area contributed by atoms with Crippen LogP contribution in [0.2, 0.25) is 0 Å². The average molecular weight is 558 g/mol. The molecule has 4 aromatic rings. The van der Waals surface area contributed by atoms with Gasteiger partial charge in [-0.3, -0.25) is 0 Å². The lowest BCUT2D eigenvalue weighted by Crippen LogP contribution is -2.06. The molecule has 2 saturated carbocycles. The van der Waals surface area contributed by atoms with E-state index >= 15 is 4.39 Å². The second-order valence-electron chi connectivity index (χ2n) is 9.53. The molecule has 0 amide bonds. The van der Waals surface area contributed by atoms with E-state index < -0.39 is 17.7 Å². The van der Waals surface area contributed by atoms with Gasteiger partial charge in [-0.2, -0.15) is 18.2 Å². The summed E-state index contributed by atoms with van der Waals surface area (Å²) in [6, 6.07) is 0.992. The number of methoxy groups -OCH3 is 2. The van der Waals surface area contributed by atoms with Gasteiger partial charge in [0.05, 0.1) is 26.1 Å². The van der Waals surface area contributed by atoms with Crippen LogP contribution in [0.5, 0.6) is 17.5 Å². The first-order valence-corrected chi connectivity index (χ1v) is 12.5. The summed E-state index contributed by atoms with van der Waals surface area (Å²) in [6.45, 7) is -0.153. The summed E-state index contributed by atoms with van der Waals surface area (Å²) < 4.78 is 72.9. The topological polar surface area (TPSA) is 110 Å². The minimum atomic E-state index is -4.65. The fraction of sp³-hybridized carbons (Fsp3) is 0.385. The van der Waals surface area contributed by atoms with Gasteiger partial charge in [-0.1, -0.05) is 0 Å². The van der Waals surface area contributed by atoms with Crippen LogP contribution in [0.15, 0.2) is 31.0 Å². The highest BCUT2D eigenvalue weighted by Gasteiger charge is 2.38. The lowest BCUT2D eigenvalue weighted by atomic mass is 10.1. The third kappa shape index (κ3) is 5.00. The van der Waals surface area contributed by atoms with Crippen LogP contribution in [0.1, 0.15) is 54.6 Å². The van der Waals surface area contributed by atoms with Crippen molar-refractivity contribution in [3.63, 3.8) is 0 Å². The van der Waals surface area contributed by atoms with Gasteiger partial charge in [0.1, 0.15) is 24.2 Å². The molecule has 4 aromatic heterocycles. The van der Waals surface area contributed by atoms with E-state index in [4.69, 9.17) is 14.2 Å². The number of pyridine rings is 1. The second-order valence-corrected chi connectivity index (χ2v) is 9.53. The fourth-order valence-corrected chi connectivity index (χ4v) is 4.34. The van der Waals surface area contributed by atoms with Crippen LogP contribution in [-0.2, 0) is 12.8 Å². The number of alkyl halides is 3. The first kappa shape index (κ1) is 25.9. The Labute approximate surface area is 225 Å². The van der Waals surface area contributed by atoms with Gasteiger partial charge in [0.15, 0.2) is 28.9 Å².